The Bertz CT molecular complexity index is 2350. The first kappa shape index (κ1) is 34.1. The first-order valence-electron chi connectivity index (χ1n) is 17.8. The van der Waals surface area contributed by atoms with Gasteiger partial charge in [-0.05, 0) is 98.5 Å². The van der Waals surface area contributed by atoms with Crippen molar-refractivity contribution in [2.75, 3.05) is 0 Å². The molecular weight excluding hydrogens is 691 g/mol. The van der Waals surface area contributed by atoms with Crippen LogP contribution in [-0.2, 0) is 16.8 Å². The summed E-state index contributed by atoms with van der Waals surface area (Å²) >= 11 is 0. The second-order valence-electron chi connectivity index (χ2n) is 14.0. The van der Waals surface area contributed by atoms with Gasteiger partial charge in [0.2, 0.25) is 0 Å². The Hall–Kier alpha value is -6.01. The van der Waals surface area contributed by atoms with Crippen molar-refractivity contribution >= 4 is 46.4 Å². The summed E-state index contributed by atoms with van der Waals surface area (Å²) in [4.78, 5) is 18.5. The van der Waals surface area contributed by atoms with Crippen molar-refractivity contribution in [2.24, 2.45) is 0 Å². The molecule has 0 fully saturated rings. The molecule has 9 rings (SSSR count). The van der Waals surface area contributed by atoms with Gasteiger partial charge in [-0.3, -0.25) is 0 Å². The largest absolute Gasteiger partial charge is 2.00 e. The van der Waals surface area contributed by atoms with Crippen molar-refractivity contribution < 1.29 is 16.8 Å². The molecule has 0 saturated heterocycles. The van der Waals surface area contributed by atoms with E-state index in [1.165, 1.54) is 22.3 Å². The fourth-order valence-corrected chi connectivity index (χ4v) is 7.30. The summed E-state index contributed by atoms with van der Waals surface area (Å²) < 4.78 is 0. The van der Waals surface area contributed by atoms with Crippen LogP contribution >= 0.6 is 0 Å². The molecule has 0 unspecified atom stereocenters. The molecule has 5 heteroatoms. The van der Waals surface area contributed by atoms with Gasteiger partial charge in [0.25, 0.3) is 0 Å². The zero-order valence-corrected chi connectivity index (χ0v) is 31.1. The number of rotatable bonds is 4. The number of hydrogen-bond acceptors (Lipinski definition) is 2. The fourth-order valence-electron chi connectivity index (χ4n) is 7.30. The molecule has 8 bridgehead atoms. The van der Waals surface area contributed by atoms with Gasteiger partial charge in [-0.1, -0.05) is 119 Å². The topological polar surface area (TPSA) is 57.4 Å². The maximum absolute atomic E-state index is 5.41. The molecule has 2 aliphatic heterocycles. The van der Waals surface area contributed by atoms with E-state index < -0.39 is 0 Å². The number of H-pyrrole nitrogens is 2. The van der Waals surface area contributed by atoms with Crippen LogP contribution in [0.15, 0.2) is 121 Å². The van der Waals surface area contributed by atoms with Gasteiger partial charge in [0, 0.05) is 44.3 Å². The summed E-state index contributed by atoms with van der Waals surface area (Å²) in [6, 6.07) is 43.6. The second-order valence-corrected chi connectivity index (χ2v) is 14.0. The van der Waals surface area contributed by atoms with Crippen LogP contribution in [0, 0.1) is 27.7 Å². The first-order valence-corrected chi connectivity index (χ1v) is 17.8. The third-order valence-electron chi connectivity index (χ3n) is 10.1. The van der Waals surface area contributed by atoms with Crippen molar-refractivity contribution in [1.29, 1.82) is 0 Å². The van der Waals surface area contributed by atoms with Gasteiger partial charge < -0.3 is 9.97 Å². The Labute approximate surface area is 320 Å². The van der Waals surface area contributed by atoms with Gasteiger partial charge in [0.05, 0.1) is 22.8 Å². The molecule has 3 aromatic heterocycles. The molecule has 0 atom stereocenters. The number of aryl methyl sites for hydroxylation is 4. The zero-order chi connectivity index (χ0) is 35.3. The molecule has 4 nitrogen and oxygen atoms in total. The number of aromatic nitrogens is 4. The Kier molecular flexibility index (Phi) is 8.91. The molecule has 7 aromatic rings. The third-order valence-corrected chi connectivity index (χ3v) is 10.1. The van der Waals surface area contributed by atoms with Crippen LogP contribution in [0.3, 0.4) is 0 Å². The molecule has 5 heterocycles. The second kappa shape index (κ2) is 13.8. The molecule has 0 saturated carbocycles. The predicted molar refractivity (Wildman–Crippen MR) is 220 cm³/mol. The molecular formula is C48H38CoN4+2. The van der Waals surface area contributed by atoms with E-state index in [4.69, 9.17) is 9.97 Å². The molecule has 1 radical (unpaired) electrons. The van der Waals surface area contributed by atoms with Crippen molar-refractivity contribution in [2.45, 2.75) is 27.7 Å². The third kappa shape index (κ3) is 6.39. The standard InChI is InChI=1S/C48H38N4.Co/c1-29-5-13-33(14-6-29)45-37-21-23-39(49-37)46(34-15-7-30(2)8-16-34)41-25-27-43(51-41)48(36-19-11-32(4)12-20-36)44-28-26-42(52-44)47(40-24-22-38(45)50-40)35-17-9-31(3)10-18-35;/h5-28,49,52H,1-4H3;/q;+2. The number of nitrogens with one attached hydrogen (secondary N) is 2. The summed E-state index contributed by atoms with van der Waals surface area (Å²) in [5.41, 5.74) is 21.1. The van der Waals surface area contributed by atoms with Gasteiger partial charge in [0.15, 0.2) is 0 Å². The molecule has 2 aliphatic rings. The maximum Gasteiger partial charge on any atom is 2.00 e. The Morgan fingerprint density at radius 3 is 0.717 bits per heavy atom. The van der Waals surface area contributed by atoms with Crippen LogP contribution in [0.4, 0.5) is 0 Å². The van der Waals surface area contributed by atoms with Crippen molar-refractivity contribution in [1.82, 2.24) is 19.9 Å². The summed E-state index contributed by atoms with van der Waals surface area (Å²) in [6.07, 6.45) is 8.61. The van der Waals surface area contributed by atoms with E-state index in [-0.39, 0.29) is 16.8 Å². The van der Waals surface area contributed by atoms with Crippen LogP contribution in [0.5, 0.6) is 0 Å². The Morgan fingerprint density at radius 1 is 0.302 bits per heavy atom. The van der Waals surface area contributed by atoms with Gasteiger partial charge in [0.1, 0.15) is 0 Å². The zero-order valence-electron chi connectivity index (χ0n) is 30.1. The van der Waals surface area contributed by atoms with Gasteiger partial charge in [-0.2, -0.15) is 0 Å². The van der Waals surface area contributed by atoms with Crippen LogP contribution in [0.1, 0.15) is 45.0 Å². The minimum atomic E-state index is 0. The van der Waals surface area contributed by atoms with E-state index in [0.29, 0.717) is 0 Å². The van der Waals surface area contributed by atoms with Crippen LogP contribution in [0.25, 0.3) is 90.9 Å². The number of fused-ring (bicyclic) bond motifs is 8. The number of nitrogens with zero attached hydrogens (tertiary/aromatic N) is 2. The molecule has 2 N–H and O–H groups in total. The monoisotopic (exact) mass is 729 g/mol. The fraction of sp³-hybridized carbons (Fsp3) is 0.0833. The van der Waals surface area contributed by atoms with E-state index in [1.54, 1.807) is 0 Å². The van der Waals surface area contributed by atoms with E-state index in [2.05, 4.69) is 183 Å². The smallest absolute Gasteiger partial charge is 0.354 e. The average molecular weight is 730 g/mol. The van der Waals surface area contributed by atoms with E-state index in [0.717, 1.165) is 89.4 Å². The van der Waals surface area contributed by atoms with Gasteiger partial charge >= 0.3 is 16.8 Å². The Balaban J connectivity index is 0.00000400. The molecule has 53 heavy (non-hydrogen) atoms. The summed E-state index contributed by atoms with van der Waals surface area (Å²) in [5.74, 6) is 0. The normalized spacial score (nSPS) is 11.8. The van der Waals surface area contributed by atoms with Gasteiger partial charge in [-0.15, -0.1) is 0 Å². The van der Waals surface area contributed by atoms with E-state index >= 15 is 0 Å². The predicted octanol–water partition coefficient (Wildman–Crippen LogP) is 12.6. The van der Waals surface area contributed by atoms with Crippen molar-refractivity contribution in [3.05, 3.63) is 166 Å². The molecule has 0 aliphatic carbocycles. The van der Waals surface area contributed by atoms with Crippen LogP contribution < -0.4 is 0 Å². The van der Waals surface area contributed by atoms with E-state index in [9.17, 15) is 0 Å². The quantitative estimate of drug-likeness (QED) is 0.189. The first-order chi connectivity index (χ1) is 25.4. The number of aromatic amines is 2. The summed E-state index contributed by atoms with van der Waals surface area (Å²) in [7, 11) is 0. The van der Waals surface area contributed by atoms with Crippen LogP contribution in [-0.4, -0.2) is 19.9 Å². The summed E-state index contributed by atoms with van der Waals surface area (Å²) in [5, 5.41) is 0. The maximum atomic E-state index is 5.41. The minimum absolute atomic E-state index is 0. The summed E-state index contributed by atoms with van der Waals surface area (Å²) in [6.45, 7) is 8.49. The molecule has 0 amide bonds. The van der Waals surface area contributed by atoms with Gasteiger partial charge in [-0.25, -0.2) is 9.97 Å². The molecule has 257 valence electrons. The molecule has 4 aromatic carbocycles. The van der Waals surface area contributed by atoms with E-state index in [1.807, 2.05) is 0 Å². The van der Waals surface area contributed by atoms with Crippen molar-refractivity contribution in [3.63, 3.8) is 0 Å². The van der Waals surface area contributed by atoms with Crippen LogP contribution in [0.2, 0.25) is 0 Å². The number of hydrogen-bond donors (Lipinski definition) is 2. The average Bonchev–Trinajstić information content (AvgIpc) is 3.99. The minimum Gasteiger partial charge on any atom is -0.354 e. The SMILES string of the molecule is Cc1ccc(-c2c3nc(c(-c4ccc(C)cc4)c4ccc([nH]4)c(-c4ccc(C)cc4)c4nc(c(-c5ccc(C)cc5)c5ccc2[nH]5)C=C4)C=C3)cc1.[Co+2]. The molecule has 0 spiro atoms. The number of benzene rings is 4. The Morgan fingerprint density at radius 2 is 0.509 bits per heavy atom. The van der Waals surface area contributed by atoms with Crippen molar-refractivity contribution in [3.8, 4) is 44.5 Å².